The highest BCUT2D eigenvalue weighted by molar-refractivity contribution is 6.28. The van der Waals surface area contributed by atoms with E-state index in [0.29, 0.717) is 18.0 Å². The fourth-order valence-electron chi connectivity index (χ4n) is 2.53. The Kier molecular flexibility index (Phi) is 5.18. The van der Waals surface area contributed by atoms with Gasteiger partial charge in [0.25, 0.3) is 5.91 Å². The summed E-state index contributed by atoms with van der Waals surface area (Å²) in [6, 6.07) is 5.74. The van der Waals surface area contributed by atoms with Gasteiger partial charge in [0.15, 0.2) is 0 Å². The van der Waals surface area contributed by atoms with Crippen LogP contribution in [0.15, 0.2) is 40.5 Å². The number of carbonyl (C=O) groups excluding carboxylic acids is 1. The lowest BCUT2D eigenvalue weighted by Crippen LogP contribution is -2.26. The fraction of sp³-hybridized carbons (Fsp3) is 0.294. The van der Waals surface area contributed by atoms with Crippen molar-refractivity contribution in [2.75, 3.05) is 19.0 Å². The summed E-state index contributed by atoms with van der Waals surface area (Å²) in [5, 5.41) is 3.28. The molecular weight excluding hydrogens is 292 g/mol. The number of nitrogens with two attached hydrogens (primary N) is 2. The molecule has 2 rings (SSSR count). The molecule has 0 bridgehead atoms. The maximum absolute atomic E-state index is 11.7. The zero-order chi connectivity index (χ0) is 17.0. The number of hydrogen-bond acceptors (Lipinski definition) is 5. The average Bonchev–Trinajstić information content (AvgIpc) is 2.51. The van der Waals surface area contributed by atoms with Gasteiger partial charge in [0.05, 0.1) is 11.3 Å². The number of carbonyl (C=O) groups is 1. The third-order valence-corrected chi connectivity index (χ3v) is 3.52. The van der Waals surface area contributed by atoms with Gasteiger partial charge in [-0.3, -0.25) is 9.79 Å². The highest BCUT2D eigenvalue weighted by atomic mass is 16.5. The van der Waals surface area contributed by atoms with Crippen LogP contribution in [0.3, 0.4) is 0 Å². The number of rotatable bonds is 5. The molecule has 1 heterocycles. The van der Waals surface area contributed by atoms with E-state index in [0.717, 1.165) is 16.8 Å². The first-order valence-corrected chi connectivity index (χ1v) is 7.42. The van der Waals surface area contributed by atoms with E-state index in [9.17, 15) is 4.79 Å². The second-order valence-electron chi connectivity index (χ2n) is 5.18. The molecule has 0 spiro atoms. The van der Waals surface area contributed by atoms with Crippen molar-refractivity contribution in [1.29, 1.82) is 0 Å². The predicted octanol–water partition coefficient (Wildman–Crippen LogP) is 1.62. The SMILES string of the molecule is CCOC1C=Cc2cc(C(=NC)/C(C(N)=O)=C(\C)N)ccc2N1. The highest BCUT2D eigenvalue weighted by Gasteiger charge is 2.19. The van der Waals surface area contributed by atoms with Gasteiger partial charge in [0, 0.05) is 30.6 Å². The number of nitrogens with zero attached hydrogens (tertiary/aromatic N) is 1. The van der Waals surface area contributed by atoms with E-state index in [2.05, 4.69) is 10.3 Å². The van der Waals surface area contributed by atoms with Crippen LogP contribution in [-0.2, 0) is 9.53 Å². The van der Waals surface area contributed by atoms with Crippen LogP contribution in [-0.4, -0.2) is 31.5 Å². The summed E-state index contributed by atoms with van der Waals surface area (Å²) in [6.07, 6.45) is 3.79. The Bertz CT molecular complexity index is 701. The number of anilines is 1. The number of allylic oxidation sites excluding steroid dienone is 1. The Balaban J connectivity index is 2.40. The molecule has 0 radical (unpaired) electrons. The maximum Gasteiger partial charge on any atom is 0.252 e. The molecule has 0 aromatic heterocycles. The van der Waals surface area contributed by atoms with E-state index in [1.807, 2.05) is 37.3 Å². The van der Waals surface area contributed by atoms with Crippen molar-refractivity contribution in [2.45, 2.75) is 20.1 Å². The summed E-state index contributed by atoms with van der Waals surface area (Å²) in [6.45, 7) is 4.22. The van der Waals surface area contributed by atoms with Crippen molar-refractivity contribution in [2.24, 2.45) is 16.5 Å². The molecule has 1 amide bonds. The third-order valence-electron chi connectivity index (χ3n) is 3.52. The first-order valence-electron chi connectivity index (χ1n) is 7.42. The van der Waals surface area contributed by atoms with Crippen LogP contribution in [0.2, 0.25) is 0 Å². The lowest BCUT2D eigenvalue weighted by molar-refractivity contribution is -0.114. The van der Waals surface area contributed by atoms with Gasteiger partial charge >= 0.3 is 0 Å². The van der Waals surface area contributed by atoms with Gasteiger partial charge in [-0.05, 0) is 37.6 Å². The topological polar surface area (TPSA) is 103 Å². The van der Waals surface area contributed by atoms with Crippen LogP contribution < -0.4 is 16.8 Å². The second-order valence-corrected chi connectivity index (χ2v) is 5.18. The van der Waals surface area contributed by atoms with E-state index in [4.69, 9.17) is 16.2 Å². The molecule has 1 aliphatic heterocycles. The van der Waals surface area contributed by atoms with Crippen molar-refractivity contribution in [3.05, 3.63) is 46.7 Å². The van der Waals surface area contributed by atoms with Crippen molar-refractivity contribution in [3.63, 3.8) is 0 Å². The molecule has 1 aliphatic rings. The average molecular weight is 314 g/mol. The normalized spacial score (nSPS) is 18.0. The maximum atomic E-state index is 11.7. The molecule has 0 saturated carbocycles. The highest BCUT2D eigenvalue weighted by Crippen LogP contribution is 2.26. The first kappa shape index (κ1) is 16.8. The number of benzene rings is 1. The number of amides is 1. The zero-order valence-electron chi connectivity index (χ0n) is 13.6. The molecule has 6 heteroatoms. The Labute approximate surface area is 135 Å². The van der Waals surface area contributed by atoms with Gasteiger partial charge < -0.3 is 21.5 Å². The number of nitrogens with one attached hydrogen (secondary N) is 1. The van der Waals surface area contributed by atoms with Crippen molar-refractivity contribution >= 4 is 23.4 Å². The lowest BCUT2D eigenvalue weighted by Gasteiger charge is -2.22. The summed E-state index contributed by atoms with van der Waals surface area (Å²) in [7, 11) is 1.61. The van der Waals surface area contributed by atoms with Crippen molar-refractivity contribution < 1.29 is 9.53 Å². The van der Waals surface area contributed by atoms with Crippen LogP contribution in [0.25, 0.3) is 6.08 Å². The van der Waals surface area contributed by atoms with E-state index in [1.54, 1.807) is 14.0 Å². The summed E-state index contributed by atoms with van der Waals surface area (Å²) in [5.41, 5.74) is 15.0. The van der Waals surface area contributed by atoms with E-state index < -0.39 is 5.91 Å². The minimum Gasteiger partial charge on any atom is -0.402 e. The van der Waals surface area contributed by atoms with Gasteiger partial charge in [-0.2, -0.15) is 0 Å². The smallest absolute Gasteiger partial charge is 0.252 e. The van der Waals surface area contributed by atoms with Gasteiger partial charge in [0.1, 0.15) is 6.23 Å². The second kappa shape index (κ2) is 7.11. The van der Waals surface area contributed by atoms with Crippen LogP contribution in [0.4, 0.5) is 5.69 Å². The van der Waals surface area contributed by atoms with Gasteiger partial charge in [-0.1, -0.05) is 12.1 Å². The predicted molar refractivity (Wildman–Crippen MR) is 93.1 cm³/mol. The van der Waals surface area contributed by atoms with Gasteiger partial charge in [-0.25, -0.2) is 0 Å². The zero-order valence-corrected chi connectivity index (χ0v) is 13.6. The Morgan fingerprint density at radius 3 is 2.70 bits per heavy atom. The van der Waals surface area contributed by atoms with Crippen LogP contribution in [0.1, 0.15) is 25.0 Å². The molecule has 1 unspecified atom stereocenters. The number of hydrogen-bond donors (Lipinski definition) is 3. The van der Waals surface area contributed by atoms with Crippen LogP contribution in [0, 0.1) is 0 Å². The quantitative estimate of drug-likeness (QED) is 0.567. The summed E-state index contributed by atoms with van der Waals surface area (Å²) < 4.78 is 5.53. The molecule has 6 nitrogen and oxygen atoms in total. The van der Waals surface area contributed by atoms with Crippen molar-refractivity contribution in [3.8, 4) is 0 Å². The molecule has 0 fully saturated rings. The fourth-order valence-corrected chi connectivity index (χ4v) is 2.53. The van der Waals surface area contributed by atoms with E-state index >= 15 is 0 Å². The molecule has 0 aliphatic carbocycles. The van der Waals surface area contributed by atoms with E-state index in [1.165, 1.54) is 0 Å². The Morgan fingerprint density at radius 2 is 2.13 bits per heavy atom. The summed E-state index contributed by atoms with van der Waals surface area (Å²) in [4.78, 5) is 15.9. The number of primary amides is 1. The van der Waals surface area contributed by atoms with Crippen LogP contribution in [0.5, 0.6) is 0 Å². The lowest BCUT2D eigenvalue weighted by atomic mass is 9.96. The van der Waals surface area contributed by atoms with Gasteiger partial charge in [-0.15, -0.1) is 0 Å². The number of fused-ring (bicyclic) bond motifs is 1. The minimum atomic E-state index is -0.589. The molecule has 0 saturated heterocycles. The van der Waals surface area contributed by atoms with Gasteiger partial charge in [0.2, 0.25) is 0 Å². The molecule has 23 heavy (non-hydrogen) atoms. The Morgan fingerprint density at radius 1 is 1.39 bits per heavy atom. The summed E-state index contributed by atoms with van der Waals surface area (Å²) >= 11 is 0. The molecule has 5 N–H and O–H groups in total. The minimum absolute atomic E-state index is 0.134. The summed E-state index contributed by atoms with van der Waals surface area (Å²) in [5.74, 6) is -0.589. The van der Waals surface area contributed by atoms with Crippen LogP contribution >= 0.6 is 0 Å². The third kappa shape index (κ3) is 3.60. The monoisotopic (exact) mass is 314 g/mol. The van der Waals surface area contributed by atoms with Crippen molar-refractivity contribution in [1.82, 2.24) is 0 Å². The number of aliphatic imine (C=N–C) groups is 1. The standard InChI is InChI=1S/C17H22N4O2/c1-4-23-14-8-6-11-9-12(5-7-13(11)21-14)16(20-3)15(10(2)18)17(19)22/h5-9,14,21H,4,18H2,1-3H3,(H2,19,22)/b15-10-,20-16?. The molecular formula is C17H22N4O2. The molecule has 122 valence electrons. The molecule has 1 aromatic carbocycles. The largest absolute Gasteiger partial charge is 0.402 e. The molecule has 1 atom stereocenters. The van der Waals surface area contributed by atoms with E-state index in [-0.39, 0.29) is 11.8 Å². The Hall–Kier alpha value is -2.60. The number of ether oxygens (including phenoxy) is 1. The molecule has 1 aromatic rings. The first-order chi connectivity index (χ1) is 11.0.